The van der Waals surface area contributed by atoms with Crippen LogP contribution in [0, 0.1) is 11.7 Å². The summed E-state index contributed by atoms with van der Waals surface area (Å²) in [5.41, 5.74) is 0.0179. The average molecular weight is 471 g/mol. The third-order valence-corrected chi connectivity index (χ3v) is 6.99. The van der Waals surface area contributed by atoms with Gasteiger partial charge in [0.15, 0.2) is 10.8 Å². The van der Waals surface area contributed by atoms with Crippen molar-refractivity contribution >= 4 is 44.3 Å². The Bertz CT molecular complexity index is 1260. The minimum absolute atomic E-state index is 0.0135. The van der Waals surface area contributed by atoms with Crippen LogP contribution in [0.15, 0.2) is 35.4 Å². The van der Waals surface area contributed by atoms with Gasteiger partial charge in [-0.2, -0.15) is 4.98 Å². The van der Waals surface area contributed by atoms with Crippen LogP contribution in [0.2, 0.25) is 0 Å². The Labute approximate surface area is 192 Å². The second-order valence-corrected chi connectivity index (χ2v) is 9.38. The van der Waals surface area contributed by atoms with Gasteiger partial charge in [0.2, 0.25) is 11.8 Å². The summed E-state index contributed by atoms with van der Waals surface area (Å²) in [6, 6.07) is 6.20. The summed E-state index contributed by atoms with van der Waals surface area (Å²) >= 11 is 1.24. The molecule has 0 atom stereocenters. The van der Waals surface area contributed by atoms with Gasteiger partial charge in [0.05, 0.1) is 5.69 Å². The highest BCUT2D eigenvalue weighted by Crippen LogP contribution is 2.30. The van der Waals surface area contributed by atoms with E-state index >= 15 is 0 Å². The third kappa shape index (κ3) is 4.72. The van der Waals surface area contributed by atoms with Crippen LogP contribution < -0.4 is 21.1 Å². The molecule has 2 aromatic heterocycles. The van der Waals surface area contributed by atoms with Crippen LogP contribution in [0.25, 0.3) is 10.3 Å². The Kier molecular flexibility index (Phi) is 5.79. The molecule has 33 heavy (non-hydrogen) atoms. The molecular formula is C22H23FN6O3S. The number of nitrogens with zero attached hydrogens (tertiary/aromatic N) is 4. The first-order valence-corrected chi connectivity index (χ1v) is 11.8. The van der Waals surface area contributed by atoms with E-state index in [9.17, 15) is 18.8 Å². The standard InChI is InChI=1S/C22H23FN6O3S/c23-15-3-1-2-4-16(15)26-17(30)11-29-12-24-19-18(21(29)32)33-22(27-19)28-9-7-13(8-10-28)20(31)25-14-5-6-14/h1-4,12-14H,5-11H2,(H,25,31)(H,26,30). The van der Waals surface area contributed by atoms with E-state index in [-0.39, 0.29) is 29.6 Å². The molecule has 1 aliphatic carbocycles. The number of aromatic nitrogens is 3. The highest BCUT2D eigenvalue weighted by Gasteiger charge is 2.30. The lowest BCUT2D eigenvalue weighted by atomic mass is 9.96. The summed E-state index contributed by atoms with van der Waals surface area (Å²) in [6.45, 7) is 1.08. The van der Waals surface area contributed by atoms with Crippen molar-refractivity contribution in [3.05, 3.63) is 46.8 Å². The van der Waals surface area contributed by atoms with E-state index in [2.05, 4.69) is 25.5 Å². The molecule has 1 aliphatic heterocycles. The van der Waals surface area contributed by atoms with Gasteiger partial charge in [0, 0.05) is 25.0 Å². The third-order valence-electron chi connectivity index (χ3n) is 5.89. The zero-order chi connectivity index (χ0) is 22.9. The molecule has 11 heteroatoms. The first-order valence-electron chi connectivity index (χ1n) is 10.9. The van der Waals surface area contributed by atoms with Crippen molar-refractivity contribution in [1.29, 1.82) is 0 Å². The molecule has 1 saturated carbocycles. The fraction of sp³-hybridized carbons (Fsp3) is 0.409. The highest BCUT2D eigenvalue weighted by molar-refractivity contribution is 7.22. The van der Waals surface area contributed by atoms with Crippen molar-refractivity contribution in [3.8, 4) is 0 Å². The molecule has 3 aromatic rings. The summed E-state index contributed by atoms with van der Waals surface area (Å²) in [5.74, 6) is -0.925. The Balaban J connectivity index is 1.26. The second-order valence-electron chi connectivity index (χ2n) is 8.40. The molecule has 2 N–H and O–H groups in total. The number of halogens is 1. The molecule has 0 bridgehead atoms. The largest absolute Gasteiger partial charge is 0.353 e. The number of nitrogens with one attached hydrogen (secondary N) is 2. The molecule has 9 nitrogen and oxygen atoms in total. The first kappa shape index (κ1) is 21.5. The van der Waals surface area contributed by atoms with Crippen LogP contribution in [-0.2, 0) is 16.1 Å². The Morgan fingerprint density at radius 1 is 1.15 bits per heavy atom. The number of anilines is 2. The zero-order valence-electron chi connectivity index (χ0n) is 17.8. The lowest BCUT2D eigenvalue weighted by Crippen LogP contribution is -2.41. The summed E-state index contributed by atoms with van der Waals surface area (Å²) in [7, 11) is 0. The number of hydrogen-bond acceptors (Lipinski definition) is 7. The Morgan fingerprint density at radius 2 is 1.91 bits per heavy atom. The summed E-state index contributed by atoms with van der Waals surface area (Å²) in [5, 5.41) is 6.22. The van der Waals surface area contributed by atoms with Crippen molar-refractivity contribution in [3.63, 3.8) is 0 Å². The van der Waals surface area contributed by atoms with Crippen molar-refractivity contribution in [2.24, 2.45) is 5.92 Å². The topological polar surface area (TPSA) is 109 Å². The minimum atomic E-state index is -0.548. The number of thiazole rings is 1. The number of para-hydroxylation sites is 1. The van der Waals surface area contributed by atoms with Gasteiger partial charge >= 0.3 is 0 Å². The predicted octanol–water partition coefficient (Wildman–Crippen LogP) is 2.13. The molecule has 1 aromatic carbocycles. The van der Waals surface area contributed by atoms with Crippen LogP contribution in [0.4, 0.5) is 15.2 Å². The smallest absolute Gasteiger partial charge is 0.273 e. The quantitative estimate of drug-likeness (QED) is 0.571. The maximum absolute atomic E-state index is 13.8. The molecule has 2 aliphatic rings. The van der Waals surface area contributed by atoms with Gasteiger partial charge in [-0.25, -0.2) is 9.37 Å². The first-order chi connectivity index (χ1) is 16.0. The Hall–Kier alpha value is -3.34. The molecule has 0 radical (unpaired) electrons. The minimum Gasteiger partial charge on any atom is -0.353 e. The molecule has 172 valence electrons. The molecule has 5 rings (SSSR count). The van der Waals surface area contributed by atoms with E-state index < -0.39 is 11.7 Å². The number of rotatable bonds is 6. The number of carbonyl (C=O) groups is 2. The molecule has 0 spiro atoms. The van der Waals surface area contributed by atoms with Gasteiger partial charge < -0.3 is 15.5 Å². The lowest BCUT2D eigenvalue weighted by Gasteiger charge is -2.30. The summed E-state index contributed by atoms with van der Waals surface area (Å²) < 4.78 is 15.3. The van der Waals surface area contributed by atoms with Crippen molar-refractivity contribution < 1.29 is 14.0 Å². The van der Waals surface area contributed by atoms with E-state index in [4.69, 9.17) is 0 Å². The number of carbonyl (C=O) groups excluding carboxylic acids is 2. The monoisotopic (exact) mass is 470 g/mol. The fourth-order valence-corrected chi connectivity index (χ4v) is 4.89. The summed E-state index contributed by atoms with van der Waals surface area (Å²) in [6.07, 6.45) is 4.91. The summed E-state index contributed by atoms with van der Waals surface area (Å²) in [4.78, 5) is 48.3. The van der Waals surface area contributed by atoms with Gasteiger partial charge in [-0.05, 0) is 37.8 Å². The number of piperidine rings is 1. The molecule has 1 saturated heterocycles. The Morgan fingerprint density at radius 3 is 2.64 bits per heavy atom. The van der Waals surface area contributed by atoms with Gasteiger partial charge in [-0.1, -0.05) is 23.5 Å². The highest BCUT2D eigenvalue weighted by atomic mass is 32.1. The van der Waals surface area contributed by atoms with Crippen LogP contribution in [0.3, 0.4) is 0 Å². The number of amides is 2. The van der Waals surface area contributed by atoms with Crippen LogP contribution in [0.5, 0.6) is 0 Å². The van der Waals surface area contributed by atoms with Crippen molar-refractivity contribution in [1.82, 2.24) is 19.9 Å². The van der Waals surface area contributed by atoms with Crippen molar-refractivity contribution in [2.45, 2.75) is 38.3 Å². The number of fused-ring (bicyclic) bond motifs is 1. The van der Waals surface area contributed by atoms with Crippen molar-refractivity contribution in [2.75, 3.05) is 23.3 Å². The van der Waals surface area contributed by atoms with E-state index in [0.29, 0.717) is 34.6 Å². The fourth-order valence-electron chi connectivity index (χ4n) is 3.87. The van der Waals surface area contributed by atoms with Crippen LogP contribution in [-0.4, -0.2) is 45.5 Å². The predicted molar refractivity (Wildman–Crippen MR) is 123 cm³/mol. The normalized spacial score (nSPS) is 16.7. The van der Waals surface area contributed by atoms with Gasteiger partial charge in [-0.15, -0.1) is 0 Å². The van der Waals surface area contributed by atoms with Crippen LogP contribution in [0.1, 0.15) is 25.7 Å². The van der Waals surface area contributed by atoms with E-state index in [0.717, 1.165) is 25.7 Å². The average Bonchev–Trinajstić information content (AvgIpc) is 3.52. The van der Waals surface area contributed by atoms with Crippen LogP contribution >= 0.6 is 11.3 Å². The zero-order valence-corrected chi connectivity index (χ0v) is 18.6. The molecular weight excluding hydrogens is 447 g/mol. The molecule has 0 unspecified atom stereocenters. The number of hydrogen-bond donors (Lipinski definition) is 2. The van der Waals surface area contributed by atoms with E-state index in [1.54, 1.807) is 6.07 Å². The van der Waals surface area contributed by atoms with Gasteiger partial charge in [0.1, 0.15) is 23.4 Å². The second kappa shape index (κ2) is 8.89. The maximum Gasteiger partial charge on any atom is 0.273 e. The molecule has 3 heterocycles. The number of benzene rings is 1. The molecule has 2 amide bonds. The SMILES string of the molecule is O=C(Cn1cnc2nc(N3CCC(C(=O)NC4CC4)CC3)sc2c1=O)Nc1ccccc1F. The maximum atomic E-state index is 13.8. The van der Waals surface area contributed by atoms with Gasteiger partial charge in [-0.3, -0.25) is 19.0 Å². The van der Waals surface area contributed by atoms with E-state index in [1.807, 2.05) is 0 Å². The lowest BCUT2D eigenvalue weighted by molar-refractivity contribution is -0.125. The van der Waals surface area contributed by atoms with E-state index in [1.165, 1.54) is 40.4 Å². The molecule has 2 fully saturated rings. The van der Waals surface area contributed by atoms with Gasteiger partial charge in [0.25, 0.3) is 5.56 Å².